The van der Waals surface area contributed by atoms with Crippen LogP contribution >= 0.6 is 0 Å². The van der Waals surface area contributed by atoms with Crippen LogP contribution in [0.3, 0.4) is 0 Å². The van der Waals surface area contributed by atoms with Crippen LogP contribution < -0.4 is 0 Å². The van der Waals surface area contributed by atoms with Gasteiger partial charge in [0, 0.05) is 31.4 Å². The normalized spacial score (nSPS) is 10.7. The molecule has 0 aliphatic heterocycles. The van der Waals surface area contributed by atoms with Gasteiger partial charge in [-0.2, -0.15) is 5.10 Å². The SMILES string of the molecule is Cn1ncc(-c2ccc(F)cc2)c1Cc1cnccc1C(=O)O. The van der Waals surface area contributed by atoms with Crippen molar-refractivity contribution in [2.45, 2.75) is 6.42 Å². The first kappa shape index (κ1) is 14.9. The summed E-state index contributed by atoms with van der Waals surface area (Å²) in [5.74, 6) is -1.30. The van der Waals surface area contributed by atoms with Crippen molar-refractivity contribution in [1.82, 2.24) is 14.8 Å². The van der Waals surface area contributed by atoms with Gasteiger partial charge in [0.2, 0.25) is 0 Å². The molecule has 1 N–H and O–H groups in total. The Balaban J connectivity index is 2.03. The van der Waals surface area contributed by atoms with Crippen molar-refractivity contribution < 1.29 is 14.3 Å². The largest absolute Gasteiger partial charge is 0.478 e. The third-order valence-corrected chi connectivity index (χ3v) is 3.71. The van der Waals surface area contributed by atoms with Gasteiger partial charge >= 0.3 is 5.97 Å². The van der Waals surface area contributed by atoms with Gasteiger partial charge < -0.3 is 5.11 Å². The number of benzene rings is 1. The molecule has 116 valence electrons. The van der Waals surface area contributed by atoms with Crippen molar-refractivity contribution in [3.8, 4) is 11.1 Å². The van der Waals surface area contributed by atoms with Gasteiger partial charge in [-0.05, 0) is 29.3 Å². The fourth-order valence-electron chi connectivity index (χ4n) is 2.50. The molecule has 0 aliphatic carbocycles. The molecule has 0 saturated heterocycles. The number of aromatic nitrogens is 3. The van der Waals surface area contributed by atoms with Crippen molar-refractivity contribution in [2.75, 3.05) is 0 Å². The maximum atomic E-state index is 13.1. The lowest BCUT2D eigenvalue weighted by molar-refractivity contribution is 0.0695. The third kappa shape index (κ3) is 2.96. The maximum absolute atomic E-state index is 13.1. The molecule has 2 heterocycles. The number of hydrogen-bond acceptors (Lipinski definition) is 3. The molecule has 0 atom stereocenters. The number of aromatic carboxylic acids is 1. The molecule has 1 aromatic carbocycles. The summed E-state index contributed by atoms with van der Waals surface area (Å²) in [4.78, 5) is 15.3. The van der Waals surface area contributed by atoms with Crippen LogP contribution in [0.15, 0.2) is 48.9 Å². The Labute approximate surface area is 132 Å². The average Bonchev–Trinajstić information content (AvgIpc) is 2.90. The summed E-state index contributed by atoms with van der Waals surface area (Å²) in [6, 6.07) is 7.61. The molecule has 3 aromatic rings. The zero-order valence-corrected chi connectivity index (χ0v) is 12.4. The Bertz CT molecular complexity index is 857. The number of halogens is 1. The molecule has 23 heavy (non-hydrogen) atoms. The first-order valence-electron chi connectivity index (χ1n) is 6.99. The second kappa shape index (κ2) is 6.00. The van der Waals surface area contributed by atoms with Crippen LogP contribution in [0, 0.1) is 5.82 Å². The Kier molecular flexibility index (Phi) is 3.89. The van der Waals surface area contributed by atoms with Crippen LogP contribution in [0.2, 0.25) is 0 Å². The predicted molar refractivity (Wildman–Crippen MR) is 82.6 cm³/mol. The maximum Gasteiger partial charge on any atom is 0.336 e. The molecular formula is C17H14FN3O2. The zero-order valence-electron chi connectivity index (χ0n) is 12.4. The van der Waals surface area contributed by atoms with Crippen LogP contribution in [0.25, 0.3) is 11.1 Å². The molecule has 5 nitrogen and oxygen atoms in total. The molecule has 6 heteroatoms. The summed E-state index contributed by atoms with van der Waals surface area (Å²) in [6.07, 6.45) is 5.07. The summed E-state index contributed by atoms with van der Waals surface area (Å²) in [5, 5.41) is 13.5. The van der Waals surface area contributed by atoms with Crippen molar-refractivity contribution in [3.63, 3.8) is 0 Å². The minimum atomic E-state index is -0.993. The first-order valence-corrected chi connectivity index (χ1v) is 6.99. The fraction of sp³-hybridized carbons (Fsp3) is 0.118. The van der Waals surface area contributed by atoms with E-state index in [9.17, 15) is 14.3 Å². The topological polar surface area (TPSA) is 68.0 Å². The summed E-state index contributed by atoms with van der Waals surface area (Å²) < 4.78 is 14.8. The van der Waals surface area contributed by atoms with Gasteiger partial charge in [-0.3, -0.25) is 9.67 Å². The fourth-order valence-corrected chi connectivity index (χ4v) is 2.50. The van der Waals surface area contributed by atoms with E-state index in [1.807, 2.05) is 0 Å². The Morgan fingerprint density at radius 2 is 1.96 bits per heavy atom. The number of nitrogens with zero attached hydrogens (tertiary/aromatic N) is 3. The van der Waals surface area contributed by atoms with Crippen molar-refractivity contribution >= 4 is 5.97 Å². The number of hydrogen-bond donors (Lipinski definition) is 1. The van der Waals surface area contributed by atoms with Crippen LogP contribution in [-0.2, 0) is 13.5 Å². The van der Waals surface area contributed by atoms with E-state index in [-0.39, 0.29) is 11.4 Å². The molecule has 0 aliphatic rings. The molecular weight excluding hydrogens is 297 g/mol. The van der Waals surface area contributed by atoms with Crippen molar-refractivity contribution in [2.24, 2.45) is 7.05 Å². The Morgan fingerprint density at radius 3 is 2.65 bits per heavy atom. The van der Waals surface area contributed by atoms with Gasteiger partial charge in [0.25, 0.3) is 0 Å². The molecule has 3 rings (SSSR count). The number of rotatable bonds is 4. The Morgan fingerprint density at radius 1 is 1.22 bits per heavy atom. The van der Waals surface area contributed by atoms with Gasteiger partial charge in [0.1, 0.15) is 5.82 Å². The second-order valence-electron chi connectivity index (χ2n) is 5.15. The molecule has 0 amide bonds. The summed E-state index contributed by atoms with van der Waals surface area (Å²) in [5.41, 5.74) is 3.33. The van der Waals surface area contributed by atoms with E-state index in [1.165, 1.54) is 24.4 Å². The molecule has 0 unspecified atom stereocenters. The highest BCUT2D eigenvalue weighted by Gasteiger charge is 2.16. The number of carboxylic acids is 1. The van der Waals surface area contributed by atoms with E-state index in [1.54, 1.807) is 36.3 Å². The lowest BCUT2D eigenvalue weighted by atomic mass is 10.00. The molecule has 0 radical (unpaired) electrons. The van der Waals surface area contributed by atoms with Crippen molar-refractivity contribution in [3.05, 3.63) is 71.6 Å². The van der Waals surface area contributed by atoms with Gasteiger partial charge in [-0.25, -0.2) is 9.18 Å². The highest BCUT2D eigenvalue weighted by atomic mass is 19.1. The first-order chi connectivity index (χ1) is 11.1. The number of carbonyl (C=O) groups is 1. The third-order valence-electron chi connectivity index (χ3n) is 3.71. The highest BCUT2D eigenvalue weighted by Crippen LogP contribution is 2.26. The minimum absolute atomic E-state index is 0.214. The van der Waals surface area contributed by atoms with Gasteiger partial charge in [-0.1, -0.05) is 12.1 Å². The molecule has 0 bridgehead atoms. The van der Waals surface area contributed by atoms with E-state index >= 15 is 0 Å². The summed E-state index contributed by atoms with van der Waals surface area (Å²) in [6.45, 7) is 0. The standard InChI is InChI=1S/C17H14FN3O2/c1-21-16(8-12-9-19-7-6-14(12)17(22)23)15(10-20-21)11-2-4-13(18)5-3-11/h2-7,9-10H,8H2,1H3,(H,22,23). The monoisotopic (exact) mass is 311 g/mol. The van der Waals surface area contributed by atoms with Crippen LogP contribution in [0.5, 0.6) is 0 Å². The van der Waals surface area contributed by atoms with E-state index in [2.05, 4.69) is 10.1 Å². The average molecular weight is 311 g/mol. The van der Waals surface area contributed by atoms with Crippen molar-refractivity contribution in [1.29, 1.82) is 0 Å². The van der Waals surface area contributed by atoms with E-state index in [0.717, 1.165) is 16.8 Å². The number of pyridine rings is 1. The molecule has 2 aromatic heterocycles. The number of carboxylic acid groups (broad SMARTS) is 1. The lowest BCUT2D eigenvalue weighted by Gasteiger charge is -2.09. The smallest absolute Gasteiger partial charge is 0.336 e. The van der Waals surface area contributed by atoms with Crippen LogP contribution in [0.1, 0.15) is 21.6 Å². The summed E-state index contributed by atoms with van der Waals surface area (Å²) in [7, 11) is 1.79. The molecule has 0 fully saturated rings. The molecule has 0 spiro atoms. The number of aryl methyl sites for hydroxylation is 1. The highest BCUT2D eigenvalue weighted by molar-refractivity contribution is 5.89. The minimum Gasteiger partial charge on any atom is -0.478 e. The van der Waals surface area contributed by atoms with Crippen LogP contribution in [-0.4, -0.2) is 25.8 Å². The lowest BCUT2D eigenvalue weighted by Crippen LogP contribution is -2.07. The molecule has 0 saturated carbocycles. The van der Waals surface area contributed by atoms with Crippen LogP contribution in [0.4, 0.5) is 4.39 Å². The predicted octanol–water partition coefficient (Wildman–Crippen LogP) is 2.91. The van der Waals surface area contributed by atoms with E-state index in [0.29, 0.717) is 12.0 Å². The van der Waals surface area contributed by atoms with Gasteiger partial charge in [-0.15, -0.1) is 0 Å². The second-order valence-corrected chi connectivity index (χ2v) is 5.15. The van der Waals surface area contributed by atoms with E-state index in [4.69, 9.17) is 0 Å². The van der Waals surface area contributed by atoms with Gasteiger partial charge in [0.15, 0.2) is 0 Å². The quantitative estimate of drug-likeness (QED) is 0.804. The summed E-state index contributed by atoms with van der Waals surface area (Å²) >= 11 is 0. The van der Waals surface area contributed by atoms with Gasteiger partial charge in [0.05, 0.1) is 17.5 Å². The Hall–Kier alpha value is -3.02. The zero-order chi connectivity index (χ0) is 16.4. The van der Waals surface area contributed by atoms with E-state index < -0.39 is 5.97 Å².